The van der Waals surface area contributed by atoms with Gasteiger partial charge in [0.25, 0.3) is 5.91 Å². The van der Waals surface area contributed by atoms with Gasteiger partial charge in [-0.2, -0.15) is 0 Å². The summed E-state index contributed by atoms with van der Waals surface area (Å²) < 4.78 is 36.0. The van der Waals surface area contributed by atoms with Crippen molar-refractivity contribution >= 4 is 27.3 Å². The Morgan fingerprint density at radius 2 is 1.61 bits per heavy atom. The van der Waals surface area contributed by atoms with Crippen LogP contribution in [-0.2, 0) is 10.0 Å². The van der Waals surface area contributed by atoms with Gasteiger partial charge in [0.15, 0.2) is 0 Å². The van der Waals surface area contributed by atoms with Gasteiger partial charge in [-0.1, -0.05) is 36.4 Å². The van der Waals surface area contributed by atoms with Gasteiger partial charge in [-0.25, -0.2) is 8.42 Å². The first-order chi connectivity index (χ1) is 14.7. The topological polar surface area (TPSA) is 84.9 Å². The van der Waals surface area contributed by atoms with Crippen LogP contribution in [0.15, 0.2) is 66.7 Å². The average molecular weight is 441 g/mol. The standard InChI is InChI=1S/C23H24N2O5S/c1-25(31(4,27)28)21-12-10-17(16-8-6-5-7-9-16)14-20(21)24-23(26)19-15-18(29-2)11-13-22(19)30-3/h5-15H,1-4H3,(H,24,26). The first kappa shape index (κ1) is 22.2. The van der Waals surface area contributed by atoms with E-state index < -0.39 is 15.9 Å². The molecule has 3 aromatic carbocycles. The van der Waals surface area contributed by atoms with Crippen molar-refractivity contribution < 1.29 is 22.7 Å². The number of benzene rings is 3. The molecule has 0 bridgehead atoms. The lowest BCUT2D eigenvalue weighted by Crippen LogP contribution is -2.26. The Morgan fingerprint density at radius 3 is 2.23 bits per heavy atom. The van der Waals surface area contributed by atoms with E-state index in [0.29, 0.717) is 22.9 Å². The first-order valence-electron chi connectivity index (χ1n) is 9.41. The molecule has 3 rings (SSSR count). The van der Waals surface area contributed by atoms with Gasteiger partial charge in [0.1, 0.15) is 11.5 Å². The van der Waals surface area contributed by atoms with Gasteiger partial charge < -0.3 is 14.8 Å². The molecule has 0 aromatic heterocycles. The first-order valence-corrected chi connectivity index (χ1v) is 11.3. The maximum absolute atomic E-state index is 13.1. The van der Waals surface area contributed by atoms with Crippen molar-refractivity contribution in [2.24, 2.45) is 0 Å². The van der Waals surface area contributed by atoms with Crippen LogP contribution >= 0.6 is 0 Å². The Morgan fingerprint density at radius 1 is 0.903 bits per heavy atom. The van der Waals surface area contributed by atoms with Crippen molar-refractivity contribution in [2.45, 2.75) is 0 Å². The van der Waals surface area contributed by atoms with Crippen molar-refractivity contribution in [1.82, 2.24) is 0 Å². The second kappa shape index (κ2) is 9.09. The Labute approximate surface area is 182 Å². The monoisotopic (exact) mass is 440 g/mol. The van der Waals surface area contributed by atoms with Crippen LogP contribution in [0.25, 0.3) is 11.1 Å². The molecule has 3 aromatic rings. The molecule has 0 unspecified atom stereocenters. The van der Waals surface area contributed by atoms with Crippen molar-refractivity contribution in [1.29, 1.82) is 0 Å². The van der Waals surface area contributed by atoms with Crippen LogP contribution in [-0.4, -0.2) is 41.8 Å². The summed E-state index contributed by atoms with van der Waals surface area (Å²) in [5, 5.41) is 2.84. The van der Waals surface area contributed by atoms with E-state index >= 15 is 0 Å². The van der Waals surface area contributed by atoms with E-state index in [1.807, 2.05) is 36.4 Å². The van der Waals surface area contributed by atoms with Crippen LogP contribution < -0.4 is 19.1 Å². The van der Waals surface area contributed by atoms with E-state index in [9.17, 15) is 13.2 Å². The quantitative estimate of drug-likeness (QED) is 0.600. The number of sulfonamides is 1. The number of methoxy groups -OCH3 is 2. The number of nitrogens with zero attached hydrogens (tertiary/aromatic N) is 1. The fourth-order valence-corrected chi connectivity index (χ4v) is 3.60. The maximum atomic E-state index is 13.1. The number of amides is 1. The largest absolute Gasteiger partial charge is 0.497 e. The summed E-state index contributed by atoms with van der Waals surface area (Å²) in [5.41, 5.74) is 2.73. The summed E-state index contributed by atoms with van der Waals surface area (Å²) >= 11 is 0. The van der Waals surface area contributed by atoms with Gasteiger partial charge in [0.05, 0.1) is 37.4 Å². The molecule has 0 atom stereocenters. The molecule has 0 radical (unpaired) electrons. The van der Waals surface area contributed by atoms with Gasteiger partial charge in [0, 0.05) is 7.05 Å². The Balaban J connectivity index is 2.08. The van der Waals surface area contributed by atoms with Crippen LogP contribution in [0.2, 0.25) is 0 Å². The number of rotatable bonds is 7. The molecule has 0 heterocycles. The number of hydrogen-bond acceptors (Lipinski definition) is 5. The second-order valence-corrected chi connectivity index (χ2v) is 8.86. The zero-order valence-electron chi connectivity index (χ0n) is 17.7. The van der Waals surface area contributed by atoms with Gasteiger partial charge >= 0.3 is 0 Å². The highest BCUT2D eigenvalue weighted by Gasteiger charge is 2.20. The fourth-order valence-electron chi connectivity index (χ4n) is 3.08. The third kappa shape index (κ3) is 4.97. The fraction of sp³-hybridized carbons (Fsp3) is 0.174. The molecule has 0 saturated carbocycles. The lowest BCUT2D eigenvalue weighted by atomic mass is 10.0. The molecule has 0 aliphatic heterocycles. The van der Waals surface area contributed by atoms with Crippen molar-refractivity contribution in [3.63, 3.8) is 0 Å². The second-order valence-electron chi connectivity index (χ2n) is 6.85. The number of carbonyl (C=O) groups excluding carboxylic acids is 1. The normalized spacial score (nSPS) is 11.0. The number of ether oxygens (including phenoxy) is 2. The maximum Gasteiger partial charge on any atom is 0.259 e. The SMILES string of the molecule is COc1ccc(OC)c(C(=O)Nc2cc(-c3ccccc3)ccc2N(C)S(C)(=O)=O)c1. The van der Waals surface area contributed by atoms with E-state index in [1.165, 1.54) is 21.3 Å². The lowest BCUT2D eigenvalue weighted by Gasteiger charge is -2.22. The van der Waals surface area contributed by atoms with E-state index in [-0.39, 0.29) is 5.56 Å². The van der Waals surface area contributed by atoms with Crippen LogP contribution in [0.3, 0.4) is 0 Å². The van der Waals surface area contributed by atoms with Gasteiger partial charge in [-0.3, -0.25) is 9.10 Å². The van der Waals surface area contributed by atoms with Gasteiger partial charge in [0.2, 0.25) is 10.0 Å². The summed E-state index contributed by atoms with van der Waals surface area (Å²) in [6.45, 7) is 0. The predicted octanol–water partition coefficient (Wildman–Crippen LogP) is 4.02. The van der Waals surface area contributed by atoms with Crippen molar-refractivity contribution in [2.75, 3.05) is 37.1 Å². The molecule has 31 heavy (non-hydrogen) atoms. The lowest BCUT2D eigenvalue weighted by molar-refractivity contribution is 0.102. The molecular weight excluding hydrogens is 416 g/mol. The molecule has 0 aliphatic carbocycles. The number of nitrogens with one attached hydrogen (secondary N) is 1. The summed E-state index contributed by atoms with van der Waals surface area (Å²) in [6, 6.07) is 19.7. The summed E-state index contributed by atoms with van der Waals surface area (Å²) in [6.07, 6.45) is 1.11. The Bertz CT molecular complexity index is 1190. The van der Waals surface area contributed by atoms with Crippen molar-refractivity contribution in [3.05, 3.63) is 72.3 Å². The van der Waals surface area contributed by atoms with Crippen LogP contribution in [0, 0.1) is 0 Å². The van der Waals surface area contributed by atoms with Crippen LogP contribution in [0.5, 0.6) is 11.5 Å². The minimum Gasteiger partial charge on any atom is -0.497 e. The Kier molecular flexibility index (Phi) is 6.50. The Hall–Kier alpha value is -3.52. The summed E-state index contributed by atoms with van der Waals surface area (Å²) in [5.74, 6) is 0.414. The average Bonchev–Trinajstić information content (AvgIpc) is 2.78. The third-order valence-corrected chi connectivity index (χ3v) is 6.03. The van der Waals surface area contributed by atoms with Crippen LogP contribution in [0.1, 0.15) is 10.4 Å². The minimum atomic E-state index is -3.54. The number of anilines is 2. The van der Waals surface area contributed by atoms with Gasteiger partial charge in [-0.15, -0.1) is 0 Å². The molecule has 0 fully saturated rings. The predicted molar refractivity (Wildman–Crippen MR) is 123 cm³/mol. The summed E-state index contributed by atoms with van der Waals surface area (Å²) in [4.78, 5) is 13.1. The minimum absolute atomic E-state index is 0.264. The smallest absolute Gasteiger partial charge is 0.259 e. The highest BCUT2D eigenvalue weighted by atomic mass is 32.2. The van der Waals surface area contributed by atoms with E-state index in [4.69, 9.17) is 9.47 Å². The van der Waals surface area contributed by atoms with E-state index in [2.05, 4.69) is 5.32 Å². The highest BCUT2D eigenvalue weighted by molar-refractivity contribution is 7.92. The molecule has 0 aliphatic rings. The number of carbonyl (C=O) groups is 1. The zero-order valence-corrected chi connectivity index (χ0v) is 18.6. The molecule has 0 spiro atoms. The third-order valence-electron chi connectivity index (χ3n) is 4.84. The highest BCUT2D eigenvalue weighted by Crippen LogP contribution is 2.33. The molecule has 1 amide bonds. The van der Waals surface area contributed by atoms with Crippen molar-refractivity contribution in [3.8, 4) is 22.6 Å². The van der Waals surface area contributed by atoms with E-state index in [0.717, 1.165) is 21.7 Å². The van der Waals surface area contributed by atoms with E-state index in [1.54, 1.807) is 30.3 Å². The van der Waals surface area contributed by atoms with Gasteiger partial charge in [-0.05, 0) is 41.5 Å². The summed E-state index contributed by atoms with van der Waals surface area (Å²) in [7, 11) is 0.872. The molecule has 7 nitrogen and oxygen atoms in total. The molecular formula is C23H24N2O5S. The zero-order chi connectivity index (χ0) is 22.6. The number of hydrogen-bond donors (Lipinski definition) is 1. The molecule has 0 saturated heterocycles. The molecule has 162 valence electrons. The molecule has 1 N–H and O–H groups in total. The molecule has 8 heteroatoms. The van der Waals surface area contributed by atoms with Crippen LogP contribution in [0.4, 0.5) is 11.4 Å².